The molecule has 2 rings (SSSR count). The summed E-state index contributed by atoms with van der Waals surface area (Å²) in [6, 6.07) is 10.1. The predicted octanol–water partition coefficient (Wildman–Crippen LogP) is 1.38. The van der Waals surface area contributed by atoms with Crippen LogP contribution >= 0.6 is 11.3 Å². The largest absolute Gasteiger partial charge is 0.478 e. The van der Waals surface area contributed by atoms with Gasteiger partial charge in [0.15, 0.2) is 0 Å². The number of aliphatic hydroxyl groups is 1. The van der Waals surface area contributed by atoms with E-state index in [1.165, 1.54) is 16.9 Å². The van der Waals surface area contributed by atoms with Crippen molar-refractivity contribution in [3.8, 4) is 5.19 Å². The first-order valence-electron chi connectivity index (χ1n) is 7.56. The van der Waals surface area contributed by atoms with Gasteiger partial charge in [0.25, 0.3) is 5.19 Å². The highest BCUT2D eigenvalue weighted by Gasteiger charge is 2.05. The number of hydrogen-bond donors (Lipinski definition) is 4. The molecule has 1 heterocycles. The number of nitrogens with one attached hydrogen (secondary N) is 1. The minimum Gasteiger partial charge on any atom is -0.478 e. The fourth-order valence-electron chi connectivity index (χ4n) is 1.63. The highest BCUT2D eigenvalue weighted by Crippen LogP contribution is 2.13. The van der Waals surface area contributed by atoms with Gasteiger partial charge in [-0.15, -0.1) is 0 Å². The molecule has 1 aromatic carbocycles. The number of thiazole rings is 1. The summed E-state index contributed by atoms with van der Waals surface area (Å²) in [7, 11) is 0. The number of hydrogen-bond acceptors (Lipinski definition) is 7. The van der Waals surface area contributed by atoms with Crippen LogP contribution in [0.15, 0.2) is 54.1 Å². The van der Waals surface area contributed by atoms with E-state index >= 15 is 0 Å². The highest BCUT2D eigenvalue weighted by atomic mass is 32.1. The van der Waals surface area contributed by atoms with Gasteiger partial charge in [-0.25, -0.2) is 14.6 Å². The Morgan fingerprint density at radius 1 is 1.19 bits per heavy atom. The Morgan fingerprint density at radius 3 is 2.38 bits per heavy atom. The third kappa shape index (κ3) is 10.9. The number of nitrogens with zero attached hydrogens (tertiary/aromatic N) is 1. The molecule has 140 valence electrons. The number of aliphatic carboxylic acids is 2. The van der Waals surface area contributed by atoms with E-state index in [0.29, 0.717) is 23.9 Å². The second kappa shape index (κ2) is 12.6. The Kier molecular flexibility index (Phi) is 10.3. The van der Waals surface area contributed by atoms with Gasteiger partial charge in [0.1, 0.15) is 12.7 Å². The topological polar surface area (TPSA) is 129 Å². The molecule has 8 nitrogen and oxygen atoms in total. The maximum absolute atomic E-state index is 9.72. The number of ether oxygens (including phenoxy) is 1. The molecular formula is C17H20N2O6S. The van der Waals surface area contributed by atoms with Crippen LogP contribution in [0.4, 0.5) is 0 Å². The molecule has 0 fully saturated rings. The molecule has 1 atom stereocenters. The second-order valence-electron chi connectivity index (χ2n) is 4.89. The van der Waals surface area contributed by atoms with Crippen molar-refractivity contribution in [1.82, 2.24) is 10.3 Å². The Balaban J connectivity index is 0.000000359. The molecule has 1 unspecified atom stereocenters. The molecule has 4 N–H and O–H groups in total. The molecule has 0 saturated carbocycles. The van der Waals surface area contributed by atoms with Gasteiger partial charge in [-0.05, 0) is 5.56 Å². The molecule has 0 aliphatic rings. The van der Waals surface area contributed by atoms with E-state index in [2.05, 4.69) is 10.3 Å². The van der Waals surface area contributed by atoms with E-state index in [1.807, 2.05) is 35.7 Å². The van der Waals surface area contributed by atoms with E-state index in [-0.39, 0.29) is 6.61 Å². The van der Waals surface area contributed by atoms with Crippen molar-refractivity contribution in [2.24, 2.45) is 0 Å². The highest BCUT2D eigenvalue weighted by molar-refractivity contribution is 7.11. The summed E-state index contributed by atoms with van der Waals surface area (Å²) in [4.78, 5) is 23.1. The lowest BCUT2D eigenvalue weighted by atomic mass is 10.2. The Labute approximate surface area is 154 Å². The fourth-order valence-corrected chi connectivity index (χ4v) is 2.13. The minimum atomic E-state index is -1.26. The van der Waals surface area contributed by atoms with Crippen LogP contribution in [-0.4, -0.2) is 51.5 Å². The van der Waals surface area contributed by atoms with E-state index in [0.717, 1.165) is 6.54 Å². The third-order valence-electron chi connectivity index (χ3n) is 2.73. The first-order valence-corrected chi connectivity index (χ1v) is 8.44. The van der Waals surface area contributed by atoms with Crippen LogP contribution in [0, 0.1) is 0 Å². The van der Waals surface area contributed by atoms with E-state index < -0.39 is 18.0 Å². The van der Waals surface area contributed by atoms with Crippen LogP contribution < -0.4 is 10.1 Å². The lowest BCUT2D eigenvalue weighted by Gasteiger charge is -2.11. The zero-order chi connectivity index (χ0) is 19.2. The molecule has 0 spiro atoms. The Hall–Kier alpha value is -2.75. The van der Waals surface area contributed by atoms with Crippen molar-refractivity contribution >= 4 is 23.3 Å². The zero-order valence-electron chi connectivity index (χ0n) is 13.8. The third-order valence-corrected chi connectivity index (χ3v) is 3.41. The van der Waals surface area contributed by atoms with Crippen LogP contribution in [0.5, 0.6) is 5.19 Å². The van der Waals surface area contributed by atoms with E-state index in [9.17, 15) is 14.7 Å². The Morgan fingerprint density at radius 2 is 1.85 bits per heavy atom. The normalized spacial score (nSPS) is 11.4. The smallest absolute Gasteiger partial charge is 0.328 e. The number of aromatic nitrogens is 1. The molecule has 0 aliphatic carbocycles. The first kappa shape index (κ1) is 21.3. The average Bonchev–Trinajstić information content (AvgIpc) is 3.13. The molecule has 9 heteroatoms. The van der Waals surface area contributed by atoms with Gasteiger partial charge in [0.05, 0.1) is 0 Å². The maximum Gasteiger partial charge on any atom is 0.328 e. The number of benzene rings is 1. The molecule has 0 bridgehead atoms. The summed E-state index contributed by atoms with van der Waals surface area (Å²) in [5.74, 6) is -2.51. The molecule has 1 aromatic heterocycles. The molecule has 0 amide bonds. The lowest BCUT2D eigenvalue weighted by Crippen LogP contribution is -2.31. The van der Waals surface area contributed by atoms with Gasteiger partial charge in [-0.1, -0.05) is 41.7 Å². The molecule has 0 radical (unpaired) electrons. The number of carbonyl (C=O) groups is 2. The monoisotopic (exact) mass is 380 g/mol. The molecule has 2 aromatic rings. The SMILES string of the molecule is O=C(O)C=CC(=O)O.OC(CNCc1ccccc1)COc1nccs1. The lowest BCUT2D eigenvalue weighted by molar-refractivity contribution is -0.134. The van der Waals surface area contributed by atoms with Crippen LogP contribution in [-0.2, 0) is 16.1 Å². The number of aliphatic hydroxyl groups excluding tert-OH is 1. The fraction of sp³-hybridized carbons (Fsp3) is 0.235. The van der Waals surface area contributed by atoms with Crippen molar-refractivity contribution < 1.29 is 29.6 Å². The summed E-state index contributed by atoms with van der Waals surface area (Å²) in [5, 5.41) is 31.0. The minimum absolute atomic E-state index is 0.259. The first-order chi connectivity index (χ1) is 12.5. The van der Waals surface area contributed by atoms with E-state index in [1.54, 1.807) is 6.20 Å². The van der Waals surface area contributed by atoms with Crippen molar-refractivity contribution in [3.05, 3.63) is 59.6 Å². The van der Waals surface area contributed by atoms with Gasteiger partial charge < -0.3 is 25.4 Å². The van der Waals surface area contributed by atoms with Gasteiger partial charge in [0.2, 0.25) is 0 Å². The molecule has 0 aliphatic heterocycles. The predicted molar refractivity (Wildman–Crippen MR) is 96.2 cm³/mol. The standard InChI is InChI=1S/C13H16N2O2S.C4H4O4/c16-12(10-17-13-15-6-7-18-13)9-14-8-11-4-2-1-3-5-11;5-3(6)1-2-4(7)8/h1-7,12,14,16H,8-10H2;1-2H,(H,5,6)(H,7,8). The van der Waals surface area contributed by atoms with Crippen LogP contribution in [0.2, 0.25) is 0 Å². The summed E-state index contributed by atoms with van der Waals surface area (Å²) in [5.41, 5.74) is 1.20. The number of carboxylic acids is 2. The molecule has 0 saturated heterocycles. The maximum atomic E-state index is 9.72. The van der Waals surface area contributed by atoms with Gasteiger partial charge in [-0.2, -0.15) is 0 Å². The average molecular weight is 380 g/mol. The second-order valence-corrected chi connectivity index (χ2v) is 5.75. The summed E-state index contributed by atoms with van der Waals surface area (Å²) in [6.07, 6.45) is 2.27. The zero-order valence-corrected chi connectivity index (χ0v) is 14.6. The molecular weight excluding hydrogens is 360 g/mol. The van der Waals surface area contributed by atoms with Gasteiger partial charge >= 0.3 is 11.9 Å². The van der Waals surface area contributed by atoms with Gasteiger partial charge in [0, 0.05) is 36.8 Å². The number of carboxylic acid groups (broad SMARTS) is 2. The van der Waals surface area contributed by atoms with Crippen LogP contribution in [0.25, 0.3) is 0 Å². The van der Waals surface area contributed by atoms with E-state index in [4.69, 9.17) is 14.9 Å². The number of rotatable bonds is 9. The van der Waals surface area contributed by atoms with Crippen LogP contribution in [0.3, 0.4) is 0 Å². The summed E-state index contributed by atoms with van der Waals surface area (Å²) in [6.45, 7) is 1.50. The van der Waals surface area contributed by atoms with Crippen molar-refractivity contribution in [2.75, 3.05) is 13.2 Å². The van der Waals surface area contributed by atoms with Crippen molar-refractivity contribution in [2.45, 2.75) is 12.6 Å². The summed E-state index contributed by atoms with van der Waals surface area (Å²) >= 11 is 1.42. The summed E-state index contributed by atoms with van der Waals surface area (Å²) < 4.78 is 5.33. The Bertz CT molecular complexity index is 660. The van der Waals surface area contributed by atoms with Crippen LogP contribution in [0.1, 0.15) is 5.56 Å². The molecule has 26 heavy (non-hydrogen) atoms. The quantitative estimate of drug-likeness (QED) is 0.480. The van der Waals surface area contributed by atoms with Crippen molar-refractivity contribution in [3.63, 3.8) is 0 Å². The van der Waals surface area contributed by atoms with Crippen molar-refractivity contribution in [1.29, 1.82) is 0 Å². The van der Waals surface area contributed by atoms with Gasteiger partial charge in [-0.3, -0.25) is 0 Å².